The van der Waals surface area contributed by atoms with E-state index in [0.717, 1.165) is 25.7 Å². The summed E-state index contributed by atoms with van der Waals surface area (Å²) in [6, 6.07) is 0. The maximum Gasteiger partial charge on any atom is 0.306 e. The first-order chi connectivity index (χ1) is 10.6. The van der Waals surface area contributed by atoms with Gasteiger partial charge in [-0.15, -0.1) is 0 Å². The third-order valence-corrected chi connectivity index (χ3v) is 3.55. The lowest BCUT2D eigenvalue weighted by Crippen LogP contribution is -2.15. The fourth-order valence-electron chi connectivity index (χ4n) is 2.27. The van der Waals surface area contributed by atoms with Crippen molar-refractivity contribution in [2.45, 2.75) is 97.5 Å². The smallest absolute Gasteiger partial charge is 0.306 e. The van der Waals surface area contributed by atoms with Crippen LogP contribution in [0.3, 0.4) is 0 Å². The summed E-state index contributed by atoms with van der Waals surface area (Å²) in [5.41, 5.74) is 0. The van der Waals surface area contributed by atoms with Crippen LogP contribution in [0.2, 0.25) is 0 Å². The normalized spacial score (nSPS) is 12.0. The number of esters is 2. The van der Waals surface area contributed by atoms with Crippen LogP contribution in [-0.2, 0) is 19.1 Å². The monoisotopic (exact) mass is 314 g/mol. The Morgan fingerprint density at radius 3 is 2.14 bits per heavy atom. The van der Waals surface area contributed by atoms with Crippen molar-refractivity contribution in [1.29, 1.82) is 0 Å². The van der Waals surface area contributed by atoms with Crippen molar-refractivity contribution in [3.63, 3.8) is 0 Å². The second kappa shape index (κ2) is 14.9. The molecule has 0 aromatic heterocycles. The summed E-state index contributed by atoms with van der Waals surface area (Å²) >= 11 is 0. The van der Waals surface area contributed by atoms with Crippen molar-refractivity contribution in [3.05, 3.63) is 0 Å². The maximum absolute atomic E-state index is 11.5. The standard InChI is InChI=1S/C18H34O4/c1-4-6-7-8-9-10-15-21-17(19)13-11-14-18(20)22-16(3)12-5-2/h16H,4-15H2,1-3H3. The second-order valence-corrected chi connectivity index (χ2v) is 5.93. The minimum atomic E-state index is -0.218. The van der Waals surface area contributed by atoms with Gasteiger partial charge in [0.2, 0.25) is 0 Å². The van der Waals surface area contributed by atoms with Gasteiger partial charge in [0.05, 0.1) is 12.7 Å². The first kappa shape index (κ1) is 20.9. The van der Waals surface area contributed by atoms with Crippen LogP contribution in [0.25, 0.3) is 0 Å². The Morgan fingerprint density at radius 2 is 1.45 bits per heavy atom. The number of unbranched alkanes of at least 4 members (excludes halogenated alkanes) is 5. The molecule has 0 spiro atoms. The molecule has 4 nitrogen and oxygen atoms in total. The number of ether oxygens (including phenoxy) is 2. The van der Waals surface area contributed by atoms with E-state index < -0.39 is 0 Å². The van der Waals surface area contributed by atoms with Crippen molar-refractivity contribution in [2.75, 3.05) is 6.61 Å². The topological polar surface area (TPSA) is 52.6 Å². The van der Waals surface area contributed by atoms with Crippen molar-refractivity contribution >= 4 is 11.9 Å². The van der Waals surface area contributed by atoms with Gasteiger partial charge in [-0.25, -0.2) is 0 Å². The molecule has 0 aromatic carbocycles. The first-order valence-corrected chi connectivity index (χ1v) is 8.95. The van der Waals surface area contributed by atoms with Crippen molar-refractivity contribution in [1.82, 2.24) is 0 Å². The molecule has 0 aliphatic carbocycles. The first-order valence-electron chi connectivity index (χ1n) is 8.95. The van der Waals surface area contributed by atoms with E-state index in [1.807, 2.05) is 6.92 Å². The molecule has 0 aromatic rings. The molecular weight excluding hydrogens is 280 g/mol. The van der Waals surface area contributed by atoms with Gasteiger partial charge in [0.15, 0.2) is 0 Å². The Labute approximate surface area is 135 Å². The lowest BCUT2D eigenvalue weighted by Gasteiger charge is -2.11. The molecule has 1 atom stereocenters. The Morgan fingerprint density at radius 1 is 0.818 bits per heavy atom. The van der Waals surface area contributed by atoms with E-state index in [1.54, 1.807) is 0 Å². The van der Waals surface area contributed by atoms with Crippen LogP contribution < -0.4 is 0 Å². The maximum atomic E-state index is 11.5. The molecule has 0 saturated heterocycles. The summed E-state index contributed by atoms with van der Waals surface area (Å²) < 4.78 is 10.4. The average Bonchev–Trinajstić information content (AvgIpc) is 2.46. The summed E-state index contributed by atoms with van der Waals surface area (Å²) in [5, 5.41) is 0. The minimum Gasteiger partial charge on any atom is -0.466 e. The average molecular weight is 314 g/mol. The van der Waals surface area contributed by atoms with E-state index in [2.05, 4.69) is 13.8 Å². The van der Waals surface area contributed by atoms with Gasteiger partial charge >= 0.3 is 11.9 Å². The molecule has 4 heteroatoms. The molecule has 0 aliphatic heterocycles. The summed E-state index contributed by atoms with van der Waals surface area (Å²) in [6.07, 6.45) is 10.0. The summed E-state index contributed by atoms with van der Waals surface area (Å²) in [6.45, 7) is 6.66. The Hall–Kier alpha value is -1.06. The molecule has 0 bridgehead atoms. The molecular formula is C18H34O4. The SMILES string of the molecule is CCCCCCCCOC(=O)CCCC(=O)OC(C)CCC. The molecule has 0 N–H and O–H groups in total. The highest BCUT2D eigenvalue weighted by Crippen LogP contribution is 2.07. The molecule has 0 amide bonds. The Kier molecular flexibility index (Phi) is 14.1. The van der Waals surface area contributed by atoms with Crippen LogP contribution >= 0.6 is 0 Å². The fourth-order valence-corrected chi connectivity index (χ4v) is 2.27. The third kappa shape index (κ3) is 13.9. The molecule has 0 heterocycles. The highest BCUT2D eigenvalue weighted by atomic mass is 16.5. The van der Waals surface area contributed by atoms with Gasteiger partial charge in [-0.3, -0.25) is 9.59 Å². The van der Waals surface area contributed by atoms with Crippen LogP contribution in [-0.4, -0.2) is 24.6 Å². The van der Waals surface area contributed by atoms with Gasteiger partial charge in [-0.2, -0.15) is 0 Å². The highest BCUT2D eigenvalue weighted by Gasteiger charge is 2.10. The van der Waals surface area contributed by atoms with Crippen LogP contribution in [0.1, 0.15) is 91.4 Å². The van der Waals surface area contributed by atoms with Crippen LogP contribution in [0, 0.1) is 0 Å². The molecule has 130 valence electrons. The van der Waals surface area contributed by atoms with E-state index >= 15 is 0 Å². The largest absolute Gasteiger partial charge is 0.466 e. The molecule has 0 aliphatic rings. The van der Waals surface area contributed by atoms with Crippen LogP contribution in [0.4, 0.5) is 0 Å². The van der Waals surface area contributed by atoms with Gasteiger partial charge < -0.3 is 9.47 Å². The van der Waals surface area contributed by atoms with Crippen molar-refractivity contribution < 1.29 is 19.1 Å². The second-order valence-electron chi connectivity index (χ2n) is 5.93. The third-order valence-electron chi connectivity index (χ3n) is 3.55. The molecule has 0 radical (unpaired) electrons. The number of hydrogen-bond donors (Lipinski definition) is 0. The fraction of sp³-hybridized carbons (Fsp3) is 0.889. The van der Waals surface area contributed by atoms with E-state index in [1.165, 1.54) is 25.7 Å². The lowest BCUT2D eigenvalue weighted by molar-refractivity contribution is -0.149. The quantitative estimate of drug-likeness (QED) is 0.341. The Balaban J connectivity index is 3.44. The predicted octanol–water partition coefficient (Wildman–Crippen LogP) is 4.79. The van der Waals surface area contributed by atoms with Gasteiger partial charge in [0, 0.05) is 12.8 Å². The van der Waals surface area contributed by atoms with Crippen LogP contribution in [0.15, 0.2) is 0 Å². The number of hydrogen-bond acceptors (Lipinski definition) is 4. The zero-order valence-electron chi connectivity index (χ0n) is 14.7. The van der Waals surface area contributed by atoms with Crippen molar-refractivity contribution in [3.8, 4) is 0 Å². The number of carbonyl (C=O) groups is 2. The molecule has 0 fully saturated rings. The number of carbonyl (C=O) groups excluding carboxylic acids is 2. The number of rotatable bonds is 14. The van der Waals surface area contributed by atoms with Gasteiger partial charge in [-0.05, 0) is 26.2 Å². The van der Waals surface area contributed by atoms with Gasteiger partial charge in [-0.1, -0.05) is 52.4 Å². The summed E-state index contributed by atoms with van der Waals surface area (Å²) in [7, 11) is 0. The van der Waals surface area contributed by atoms with Gasteiger partial charge in [0.1, 0.15) is 0 Å². The van der Waals surface area contributed by atoms with E-state index in [0.29, 0.717) is 25.9 Å². The van der Waals surface area contributed by atoms with E-state index in [4.69, 9.17) is 9.47 Å². The summed E-state index contributed by atoms with van der Waals surface area (Å²) in [5.74, 6) is -0.423. The Bertz CT molecular complexity index is 289. The summed E-state index contributed by atoms with van der Waals surface area (Å²) in [4.78, 5) is 23.0. The van der Waals surface area contributed by atoms with Gasteiger partial charge in [0.25, 0.3) is 0 Å². The highest BCUT2D eigenvalue weighted by molar-refractivity contribution is 5.72. The zero-order chi connectivity index (χ0) is 16.6. The van der Waals surface area contributed by atoms with E-state index in [-0.39, 0.29) is 18.0 Å². The zero-order valence-corrected chi connectivity index (χ0v) is 14.7. The lowest BCUT2D eigenvalue weighted by atomic mass is 10.1. The van der Waals surface area contributed by atoms with Crippen LogP contribution in [0.5, 0.6) is 0 Å². The molecule has 0 saturated carbocycles. The molecule has 1 unspecified atom stereocenters. The molecule has 22 heavy (non-hydrogen) atoms. The van der Waals surface area contributed by atoms with Crippen molar-refractivity contribution in [2.24, 2.45) is 0 Å². The minimum absolute atomic E-state index is 0.0304. The van der Waals surface area contributed by atoms with E-state index in [9.17, 15) is 9.59 Å². The molecule has 0 rings (SSSR count). The predicted molar refractivity (Wildman–Crippen MR) is 88.6 cm³/mol.